The van der Waals surface area contributed by atoms with Crippen molar-refractivity contribution in [2.24, 2.45) is 0 Å². The summed E-state index contributed by atoms with van der Waals surface area (Å²) in [5.74, 6) is -0.964. The molecule has 0 saturated heterocycles. The summed E-state index contributed by atoms with van der Waals surface area (Å²) in [5.41, 5.74) is 3.74. The Hall–Kier alpha value is -2.15. The molecule has 0 radical (unpaired) electrons. The first-order valence-corrected chi connectivity index (χ1v) is 7.56. The van der Waals surface area contributed by atoms with E-state index in [2.05, 4.69) is 37.9 Å². The smallest absolute Gasteiger partial charge is 0.313 e. The zero-order valence-corrected chi connectivity index (χ0v) is 12.5. The number of aryl methyl sites for hydroxylation is 2. The lowest BCUT2D eigenvalue weighted by molar-refractivity contribution is -0.133. The number of thioether (sulfide) groups is 1. The van der Waals surface area contributed by atoms with Crippen molar-refractivity contribution in [1.29, 1.82) is 0 Å². The van der Waals surface area contributed by atoms with Gasteiger partial charge in [-0.05, 0) is 26.0 Å². The number of nitrogens with zero attached hydrogens (tertiary/aromatic N) is 4. The maximum Gasteiger partial charge on any atom is 0.313 e. The summed E-state index contributed by atoms with van der Waals surface area (Å²) >= 11 is 1.08. The van der Waals surface area contributed by atoms with Gasteiger partial charge < -0.3 is 9.67 Å². The van der Waals surface area contributed by atoms with Crippen LogP contribution in [0.5, 0.6) is 0 Å². The van der Waals surface area contributed by atoms with Gasteiger partial charge in [-0.3, -0.25) is 4.79 Å². The van der Waals surface area contributed by atoms with Gasteiger partial charge in [0.05, 0.1) is 11.3 Å². The minimum atomic E-state index is -0.893. The van der Waals surface area contributed by atoms with Crippen LogP contribution in [0.3, 0.4) is 0 Å². The number of hydrogen-bond donors (Lipinski definition) is 1. The second-order valence-corrected chi connectivity index (χ2v) is 5.66. The minimum Gasteiger partial charge on any atom is -0.481 e. The maximum absolute atomic E-state index is 10.6. The average Bonchev–Trinajstić information content (AvgIpc) is 2.77. The Morgan fingerprint density at radius 1 is 1.38 bits per heavy atom. The highest BCUT2D eigenvalue weighted by Gasteiger charge is 2.14. The molecule has 108 valence electrons. The molecule has 0 bridgehead atoms. The van der Waals surface area contributed by atoms with Crippen molar-refractivity contribution >= 4 is 39.8 Å². The van der Waals surface area contributed by atoms with Crippen LogP contribution in [0, 0.1) is 6.92 Å². The lowest BCUT2D eigenvalue weighted by Gasteiger charge is -2.02. The van der Waals surface area contributed by atoms with Crippen LogP contribution in [0.4, 0.5) is 0 Å². The number of aliphatic carboxylic acids is 1. The van der Waals surface area contributed by atoms with E-state index in [4.69, 9.17) is 5.11 Å². The molecule has 2 heterocycles. The van der Waals surface area contributed by atoms with Gasteiger partial charge in [-0.1, -0.05) is 23.4 Å². The number of carboxylic acid groups (broad SMARTS) is 1. The van der Waals surface area contributed by atoms with Crippen molar-refractivity contribution in [2.45, 2.75) is 25.5 Å². The van der Waals surface area contributed by atoms with Gasteiger partial charge in [0.1, 0.15) is 5.52 Å². The number of carbonyl (C=O) groups is 1. The summed E-state index contributed by atoms with van der Waals surface area (Å²) in [6, 6.07) is 6.19. The molecule has 3 rings (SSSR count). The van der Waals surface area contributed by atoms with Gasteiger partial charge in [0.2, 0.25) is 5.16 Å². The highest BCUT2D eigenvalue weighted by Crippen LogP contribution is 2.27. The van der Waals surface area contributed by atoms with Gasteiger partial charge in [-0.15, -0.1) is 10.2 Å². The van der Waals surface area contributed by atoms with Crippen molar-refractivity contribution in [3.8, 4) is 0 Å². The Bertz CT molecular complexity index is 844. The normalized spacial score (nSPS) is 11.3. The van der Waals surface area contributed by atoms with E-state index in [1.165, 1.54) is 0 Å². The predicted octanol–water partition coefficient (Wildman–Crippen LogP) is 2.48. The van der Waals surface area contributed by atoms with Crippen LogP contribution in [0.25, 0.3) is 22.1 Å². The number of fused-ring (bicyclic) bond motifs is 3. The van der Waals surface area contributed by atoms with Gasteiger partial charge in [-0.25, -0.2) is 4.98 Å². The molecule has 1 N–H and O–H groups in total. The van der Waals surface area contributed by atoms with Gasteiger partial charge >= 0.3 is 5.97 Å². The van der Waals surface area contributed by atoms with Gasteiger partial charge in [0.15, 0.2) is 5.65 Å². The van der Waals surface area contributed by atoms with E-state index in [1.807, 2.05) is 13.8 Å². The van der Waals surface area contributed by atoms with Crippen LogP contribution in [0.15, 0.2) is 23.4 Å². The summed E-state index contributed by atoms with van der Waals surface area (Å²) in [6.45, 7) is 4.85. The largest absolute Gasteiger partial charge is 0.481 e. The topological polar surface area (TPSA) is 80.9 Å². The number of aromatic nitrogens is 4. The molecule has 0 amide bonds. The number of benzene rings is 1. The number of hydrogen-bond acceptors (Lipinski definition) is 5. The summed E-state index contributed by atoms with van der Waals surface area (Å²) in [5, 5.41) is 18.4. The molecule has 7 heteroatoms. The SMILES string of the molecule is CCn1c2ccc(C)cc2c2nnc(SCC(=O)O)nc21. The van der Waals surface area contributed by atoms with E-state index >= 15 is 0 Å². The summed E-state index contributed by atoms with van der Waals surface area (Å²) in [4.78, 5) is 15.1. The van der Waals surface area contributed by atoms with E-state index in [9.17, 15) is 4.79 Å². The Morgan fingerprint density at radius 2 is 2.19 bits per heavy atom. The molecule has 0 aliphatic heterocycles. The molecule has 6 nitrogen and oxygen atoms in total. The van der Waals surface area contributed by atoms with Crippen molar-refractivity contribution in [1.82, 2.24) is 19.7 Å². The fourth-order valence-corrected chi connectivity index (χ4v) is 2.86. The predicted molar refractivity (Wildman–Crippen MR) is 81.6 cm³/mol. The van der Waals surface area contributed by atoms with Gasteiger partial charge in [0.25, 0.3) is 0 Å². The Kier molecular flexibility index (Phi) is 3.50. The first-order chi connectivity index (χ1) is 10.1. The first kappa shape index (κ1) is 13.8. The summed E-state index contributed by atoms with van der Waals surface area (Å²) < 4.78 is 2.07. The fourth-order valence-electron chi connectivity index (χ4n) is 2.36. The molecule has 0 saturated carbocycles. The lowest BCUT2D eigenvalue weighted by atomic mass is 10.2. The van der Waals surface area contributed by atoms with E-state index in [0.29, 0.717) is 5.16 Å². The molecule has 2 aromatic heterocycles. The number of carboxylic acids is 1. The zero-order valence-electron chi connectivity index (χ0n) is 11.7. The van der Waals surface area contributed by atoms with E-state index < -0.39 is 5.97 Å². The quantitative estimate of drug-likeness (QED) is 0.746. The van der Waals surface area contributed by atoms with Crippen LogP contribution in [0.2, 0.25) is 0 Å². The third kappa shape index (κ3) is 2.44. The van der Waals surface area contributed by atoms with Crippen molar-refractivity contribution < 1.29 is 9.90 Å². The summed E-state index contributed by atoms with van der Waals surface area (Å²) in [6.07, 6.45) is 0. The van der Waals surface area contributed by atoms with Crippen molar-refractivity contribution in [3.05, 3.63) is 23.8 Å². The van der Waals surface area contributed by atoms with Crippen molar-refractivity contribution in [3.63, 3.8) is 0 Å². The van der Waals surface area contributed by atoms with Crippen LogP contribution >= 0.6 is 11.8 Å². The average molecular weight is 302 g/mol. The molecule has 0 aliphatic carbocycles. The molecule has 0 unspecified atom stereocenters. The molecule has 0 fully saturated rings. The van der Waals surface area contributed by atoms with E-state index in [1.54, 1.807) is 0 Å². The Labute approximate surface area is 125 Å². The van der Waals surface area contributed by atoms with Crippen LogP contribution in [0.1, 0.15) is 12.5 Å². The molecular formula is C14H14N4O2S. The highest BCUT2D eigenvalue weighted by molar-refractivity contribution is 7.99. The minimum absolute atomic E-state index is 0.0708. The number of rotatable bonds is 4. The van der Waals surface area contributed by atoms with E-state index in [-0.39, 0.29) is 5.75 Å². The van der Waals surface area contributed by atoms with Gasteiger partial charge in [-0.2, -0.15) is 0 Å². The van der Waals surface area contributed by atoms with Crippen LogP contribution in [-0.4, -0.2) is 36.6 Å². The van der Waals surface area contributed by atoms with E-state index in [0.717, 1.165) is 45.9 Å². The Morgan fingerprint density at radius 3 is 2.90 bits per heavy atom. The molecule has 21 heavy (non-hydrogen) atoms. The fraction of sp³-hybridized carbons (Fsp3) is 0.286. The molecule has 1 aromatic carbocycles. The molecule has 3 aromatic rings. The molecular weight excluding hydrogens is 288 g/mol. The summed E-state index contributed by atoms with van der Waals surface area (Å²) in [7, 11) is 0. The molecule has 0 atom stereocenters. The molecule has 0 aliphatic rings. The molecule has 0 spiro atoms. The highest BCUT2D eigenvalue weighted by atomic mass is 32.2. The second kappa shape index (κ2) is 5.33. The zero-order chi connectivity index (χ0) is 15.0. The monoisotopic (exact) mass is 302 g/mol. The van der Waals surface area contributed by atoms with Crippen LogP contribution in [-0.2, 0) is 11.3 Å². The third-order valence-electron chi connectivity index (χ3n) is 3.24. The second-order valence-electron chi connectivity index (χ2n) is 4.71. The van der Waals surface area contributed by atoms with Crippen LogP contribution < -0.4 is 0 Å². The Balaban J connectivity index is 2.20. The lowest BCUT2D eigenvalue weighted by Crippen LogP contribution is -2.02. The standard InChI is InChI=1S/C14H14N4O2S/c1-3-18-10-5-4-8(2)6-9(10)12-13(18)15-14(17-16-12)21-7-11(19)20/h4-6H,3,7H2,1-2H3,(H,19,20). The third-order valence-corrected chi connectivity index (χ3v) is 4.07. The van der Waals surface area contributed by atoms with Gasteiger partial charge in [0, 0.05) is 11.9 Å². The van der Waals surface area contributed by atoms with Crippen molar-refractivity contribution in [2.75, 3.05) is 5.75 Å². The maximum atomic E-state index is 10.6. The first-order valence-electron chi connectivity index (χ1n) is 6.58.